The van der Waals surface area contributed by atoms with Crippen molar-refractivity contribution in [2.75, 3.05) is 0 Å². The molecule has 0 aromatic carbocycles. The number of hydrogen-bond acceptors (Lipinski definition) is 0. The number of rotatable bonds is 0. The molecule has 1 heteroatoms. The second kappa shape index (κ2) is 10.4. The predicted octanol–water partition coefficient (Wildman–Crippen LogP) is 4.60. The number of hydrogen-bond donors (Lipinski definition) is 0. The summed E-state index contributed by atoms with van der Waals surface area (Å²) >= 11 is 0. The first-order valence-electron chi connectivity index (χ1n) is 6.42. The maximum Gasteiger partial charge on any atom is 0 e. The van der Waals surface area contributed by atoms with Crippen LogP contribution in [0.1, 0.15) is 34.6 Å². The normalized spacial score (nSPS) is 25.1. The molecule has 2 aliphatic rings. The molecule has 2 saturated carbocycles. The van der Waals surface area contributed by atoms with Crippen LogP contribution in [-0.4, -0.2) is 0 Å². The van der Waals surface area contributed by atoms with Gasteiger partial charge in [0.2, 0.25) is 0 Å². The van der Waals surface area contributed by atoms with E-state index >= 15 is 0 Å². The van der Waals surface area contributed by atoms with Crippen LogP contribution in [0.4, 0.5) is 0 Å². The molecule has 0 aromatic heterocycles. The molecule has 0 N–H and O–H groups in total. The van der Waals surface area contributed by atoms with Gasteiger partial charge in [0.15, 0.2) is 0 Å². The van der Waals surface area contributed by atoms with Crippen molar-refractivity contribution in [3.63, 3.8) is 0 Å². The summed E-state index contributed by atoms with van der Waals surface area (Å²) in [5.41, 5.74) is 0. The van der Waals surface area contributed by atoms with Crippen molar-refractivity contribution in [1.82, 2.24) is 0 Å². The fraction of sp³-hybridized carbons (Fsp3) is 0.278. The molecule has 0 bridgehead atoms. The maximum absolute atomic E-state index is 2.20. The molecule has 0 aromatic rings. The minimum Gasteiger partial charge on any atom is -0.0579 e. The Morgan fingerprint density at radius 1 is 0.368 bits per heavy atom. The summed E-state index contributed by atoms with van der Waals surface area (Å²) in [5.74, 6) is 7.34. The molecule has 13 radical (unpaired) electrons. The van der Waals surface area contributed by atoms with Crippen LogP contribution in [0, 0.1) is 81.0 Å². The van der Waals surface area contributed by atoms with Crippen LogP contribution in [0.15, 0.2) is 0 Å². The summed E-state index contributed by atoms with van der Waals surface area (Å²) in [7, 11) is 0. The van der Waals surface area contributed by atoms with Gasteiger partial charge in [0.1, 0.15) is 0 Å². The molecule has 0 nitrogen and oxygen atoms in total. The monoisotopic (exact) mass is 287 g/mol. The van der Waals surface area contributed by atoms with Crippen molar-refractivity contribution in [2.24, 2.45) is 0 Å². The van der Waals surface area contributed by atoms with Gasteiger partial charge in [-0.1, -0.05) is 34.6 Å². The predicted molar refractivity (Wildman–Crippen MR) is 79.0 cm³/mol. The summed E-state index contributed by atoms with van der Waals surface area (Å²) in [4.78, 5) is 0. The Labute approximate surface area is 137 Å². The molecule has 2 fully saturated rings. The molecule has 0 aliphatic heterocycles. The van der Waals surface area contributed by atoms with E-state index in [4.69, 9.17) is 0 Å². The van der Waals surface area contributed by atoms with E-state index in [1.54, 1.807) is 0 Å². The van der Waals surface area contributed by atoms with Gasteiger partial charge >= 0.3 is 0 Å². The Hall–Kier alpha value is 0.714. The third kappa shape index (κ3) is 6.34. The van der Waals surface area contributed by atoms with Crippen LogP contribution in [0.25, 0.3) is 0 Å². The zero-order chi connectivity index (χ0) is 13.5. The molecule has 99 valence electrons. The second-order valence-electron chi connectivity index (χ2n) is 4.66. The standard InChI is InChI=1S/C10H15.C8H8.Ti/c1-6-7(2)9(4)10(5)8(6)3;1-2-4-6-8-7-5-3-1;/h1-5H3;1-8H;. The van der Waals surface area contributed by atoms with Gasteiger partial charge in [-0.05, 0) is 81.0 Å². The van der Waals surface area contributed by atoms with E-state index in [1.165, 1.54) is 29.6 Å². The van der Waals surface area contributed by atoms with E-state index in [9.17, 15) is 0 Å². The van der Waals surface area contributed by atoms with E-state index in [2.05, 4.69) is 34.6 Å². The topological polar surface area (TPSA) is 0 Å². The van der Waals surface area contributed by atoms with Gasteiger partial charge in [-0.25, -0.2) is 0 Å². The largest absolute Gasteiger partial charge is 0.0579 e. The first-order chi connectivity index (χ1) is 8.55. The first-order valence-corrected chi connectivity index (χ1v) is 6.42. The second-order valence-corrected chi connectivity index (χ2v) is 4.66. The van der Waals surface area contributed by atoms with Crippen molar-refractivity contribution in [2.45, 2.75) is 34.6 Å². The van der Waals surface area contributed by atoms with Crippen LogP contribution in [0.5, 0.6) is 0 Å². The van der Waals surface area contributed by atoms with Crippen molar-refractivity contribution >= 4 is 0 Å². The van der Waals surface area contributed by atoms with Gasteiger partial charge < -0.3 is 0 Å². The fourth-order valence-corrected chi connectivity index (χ4v) is 1.92. The molecule has 19 heavy (non-hydrogen) atoms. The zero-order valence-corrected chi connectivity index (χ0v) is 14.2. The van der Waals surface area contributed by atoms with Gasteiger partial charge in [-0.3, -0.25) is 0 Å². The van der Waals surface area contributed by atoms with Crippen LogP contribution >= 0.6 is 0 Å². The average molecular weight is 287 g/mol. The molecule has 2 aliphatic carbocycles. The van der Waals surface area contributed by atoms with Crippen molar-refractivity contribution < 1.29 is 21.7 Å². The Morgan fingerprint density at radius 3 is 0.579 bits per heavy atom. The summed E-state index contributed by atoms with van der Waals surface area (Å²) in [5, 5.41) is 0. The van der Waals surface area contributed by atoms with Gasteiger partial charge in [0, 0.05) is 21.7 Å². The van der Waals surface area contributed by atoms with Crippen molar-refractivity contribution in [3.05, 3.63) is 81.0 Å². The van der Waals surface area contributed by atoms with Gasteiger partial charge in [-0.15, -0.1) is 0 Å². The van der Waals surface area contributed by atoms with Crippen LogP contribution in [-0.2, 0) is 21.7 Å². The summed E-state index contributed by atoms with van der Waals surface area (Å²) < 4.78 is 0. The summed E-state index contributed by atoms with van der Waals surface area (Å²) in [6.07, 6.45) is 16.0. The van der Waals surface area contributed by atoms with E-state index in [0.717, 1.165) is 0 Å². The Kier molecular flexibility index (Phi) is 10.8. The summed E-state index contributed by atoms with van der Waals surface area (Å²) in [6.45, 7) is 11.0. The Balaban J connectivity index is 0.000000331. The average Bonchev–Trinajstić information content (AvgIpc) is 2.48. The van der Waals surface area contributed by atoms with Gasteiger partial charge in [0.05, 0.1) is 0 Å². The van der Waals surface area contributed by atoms with Crippen LogP contribution in [0.2, 0.25) is 0 Å². The molecule has 0 amide bonds. The molecule has 0 saturated heterocycles. The minimum atomic E-state index is 0. The van der Waals surface area contributed by atoms with Gasteiger partial charge in [-0.2, -0.15) is 0 Å². The third-order valence-corrected chi connectivity index (χ3v) is 3.70. The van der Waals surface area contributed by atoms with E-state index in [-0.39, 0.29) is 21.7 Å². The molecule has 0 unspecified atom stereocenters. The third-order valence-electron chi connectivity index (χ3n) is 3.70. The van der Waals surface area contributed by atoms with Crippen molar-refractivity contribution in [3.8, 4) is 0 Å². The Morgan fingerprint density at radius 2 is 0.474 bits per heavy atom. The molecule has 2 rings (SSSR count). The first kappa shape index (κ1) is 19.7. The molecule has 0 heterocycles. The van der Waals surface area contributed by atoms with Crippen LogP contribution in [0.3, 0.4) is 0 Å². The van der Waals surface area contributed by atoms with E-state index in [0.29, 0.717) is 0 Å². The molecular weight excluding hydrogens is 264 g/mol. The SMILES string of the molecule is C[C]1[C](C)[C](C)[C](C)[C]1C.[CH]1[CH][CH][CH][CH][CH][CH][CH]1.[Ti]. The Bertz CT molecular complexity index is 145. The quantitative estimate of drug-likeness (QED) is 0.571. The van der Waals surface area contributed by atoms with Crippen LogP contribution < -0.4 is 0 Å². The fourth-order valence-electron chi connectivity index (χ4n) is 1.92. The zero-order valence-electron chi connectivity index (χ0n) is 12.6. The minimum absolute atomic E-state index is 0. The van der Waals surface area contributed by atoms with E-state index in [1.807, 2.05) is 51.4 Å². The van der Waals surface area contributed by atoms with E-state index < -0.39 is 0 Å². The van der Waals surface area contributed by atoms with Crippen molar-refractivity contribution in [1.29, 1.82) is 0 Å². The smallest absolute Gasteiger partial charge is 0 e. The summed E-state index contributed by atoms with van der Waals surface area (Å²) in [6, 6.07) is 0. The molecular formula is C18H23Ti. The molecule has 0 spiro atoms. The maximum atomic E-state index is 2.20. The van der Waals surface area contributed by atoms with Gasteiger partial charge in [0.25, 0.3) is 0 Å². The molecule has 0 atom stereocenters.